The van der Waals surface area contributed by atoms with Crippen molar-refractivity contribution in [2.45, 2.75) is 37.0 Å². The number of hydrogen-bond acceptors (Lipinski definition) is 3. The van der Waals surface area contributed by atoms with E-state index in [1.165, 1.54) is 25.7 Å². The lowest BCUT2D eigenvalue weighted by molar-refractivity contribution is 0.346. The SMILES string of the molecule is CSC1CCCCC1NCCN(C)C. The van der Waals surface area contributed by atoms with Gasteiger partial charge in [0.15, 0.2) is 0 Å². The third-order valence-corrected chi connectivity index (χ3v) is 4.14. The molecule has 0 aliphatic heterocycles. The Balaban J connectivity index is 2.19. The number of likely N-dealkylation sites (N-methyl/N-ethyl adjacent to an activating group) is 1. The molecule has 1 saturated carbocycles. The van der Waals surface area contributed by atoms with Crippen LogP contribution in [0.15, 0.2) is 0 Å². The van der Waals surface area contributed by atoms with Crippen LogP contribution in [0.3, 0.4) is 0 Å². The number of nitrogens with one attached hydrogen (secondary N) is 1. The summed E-state index contributed by atoms with van der Waals surface area (Å²) in [6.45, 7) is 2.28. The summed E-state index contributed by atoms with van der Waals surface area (Å²) in [7, 11) is 4.27. The normalized spacial score (nSPS) is 28.3. The van der Waals surface area contributed by atoms with E-state index < -0.39 is 0 Å². The van der Waals surface area contributed by atoms with E-state index in [0.717, 1.165) is 24.4 Å². The fraction of sp³-hybridized carbons (Fsp3) is 1.00. The van der Waals surface area contributed by atoms with E-state index in [0.29, 0.717) is 0 Å². The molecule has 1 fully saturated rings. The van der Waals surface area contributed by atoms with Crippen molar-refractivity contribution in [1.29, 1.82) is 0 Å². The van der Waals surface area contributed by atoms with Crippen LogP contribution in [0.5, 0.6) is 0 Å². The zero-order valence-electron chi connectivity index (χ0n) is 9.75. The Morgan fingerprint density at radius 2 is 2.00 bits per heavy atom. The van der Waals surface area contributed by atoms with Crippen LogP contribution in [0, 0.1) is 0 Å². The predicted octanol–water partition coefficient (Wildman–Crippen LogP) is 1.81. The highest BCUT2D eigenvalue weighted by Crippen LogP contribution is 2.26. The van der Waals surface area contributed by atoms with E-state index in [2.05, 4.69) is 30.6 Å². The maximum absolute atomic E-state index is 3.69. The minimum Gasteiger partial charge on any atom is -0.312 e. The third-order valence-electron chi connectivity index (χ3n) is 2.97. The molecule has 0 saturated heterocycles. The first-order valence-electron chi connectivity index (χ1n) is 5.65. The van der Waals surface area contributed by atoms with E-state index in [4.69, 9.17) is 0 Å². The van der Waals surface area contributed by atoms with Crippen molar-refractivity contribution in [2.24, 2.45) is 0 Å². The van der Waals surface area contributed by atoms with Gasteiger partial charge in [-0.2, -0.15) is 11.8 Å². The van der Waals surface area contributed by atoms with Gasteiger partial charge in [0.25, 0.3) is 0 Å². The van der Waals surface area contributed by atoms with Gasteiger partial charge < -0.3 is 10.2 Å². The molecule has 0 amide bonds. The fourth-order valence-electron chi connectivity index (χ4n) is 2.09. The minimum absolute atomic E-state index is 0.763. The number of hydrogen-bond donors (Lipinski definition) is 1. The summed E-state index contributed by atoms with van der Waals surface area (Å²) in [6, 6.07) is 0.763. The number of thioether (sulfide) groups is 1. The van der Waals surface area contributed by atoms with E-state index in [1.54, 1.807) is 0 Å². The standard InChI is InChI=1S/C11H24N2S/c1-13(2)9-8-12-10-6-4-5-7-11(10)14-3/h10-12H,4-9H2,1-3H3. The average Bonchev–Trinajstić information content (AvgIpc) is 2.18. The molecule has 0 bridgehead atoms. The lowest BCUT2D eigenvalue weighted by atomic mass is 9.95. The summed E-state index contributed by atoms with van der Waals surface area (Å²) < 4.78 is 0. The quantitative estimate of drug-likeness (QED) is 0.754. The Labute approximate surface area is 92.8 Å². The van der Waals surface area contributed by atoms with Gasteiger partial charge in [-0.05, 0) is 33.2 Å². The maximum atomic E-state index is 3.69. The summed E-state index contributed by atoms with van der Waals surface area (Å²) in [4.78, 5) is 2.24. The highest BCUT2D eigenvalue weighted by molar-refractivity contribution is 7.99. The summed E-state index contributed by atoms with van der Waals surface area (Å²) in [5, 5.41) is 4.54. The van der Waals surface area contributed by atoms with Crippen molar-refractivity contribution >= 4 is 11.8 Å². The van der Waals surface area contributed by atoms with Gasteiger partial charge in [0.2, 0.25) is 0 Å². The Morgan fingerprint density at radius 1 is 1.29 bits per heavy atom. The summed E-state index contributed by atoms with van der Waals surface area (Å²) >= 11 is 2.04. The minimum atomic E-state index is 0.763. The average molecular weight is 216 g/mol. The van der Waals surface area contributed by atoms with Crippen LogP contribution in [0.2, 0.25) is 0 Å². The molecule has 0 spiro atoms. The number of nitrogens with zero attached hydrogens (tertiary/aromatic N) is 1. The molecule has 0 aromatic carbocycles. The van der Waals surface area contributed by atoms with Crippen LogP contribution < -0.4 is 5.32 Å². The zero-order valence-corrected chi connectivity index (χ0v) is 10.6. The summed E-state index contributed by atoms with van der Waals surface area (Å²) in [6.07, 6.45) is 7.87. The molecule has 2 atom stereocenters. The molecule has 0 aromatic rings. The molecule has 1 aliphatic carbocycles. The third kappa shape index (κ3) is 4.20. The van der Waals surface area contributed by atoms with Crippen LogP contribution >= 0.6 is 11.8 Å². The van der Waals surface area contributed by atoms with Crippen LogP contribution in [-0.4, -0.2) is 49.6 Å². The zero-order chi connectivity index (χ0) is 10.4. The Morgan fingerprint density at radius 3 is 2.64 bits per heavy atom. The maximum Gasteiger partial charge on any atom is 0.0198 e. The molecular weight excluding hydrogens is 192 g/mol. The monoisotopic (exact) mass is 216 g/mol. The molecule has 2 unspecified atom stereocenters. The van der Waals surface area contributed by atoms with Crippen LogP contribution in [-0.2, 0) is 0 Å². The van der Waals surface area contributed by atoms with Crippen molar-refractivity contribution in [1.82, 2.24) is 10.2 Å². The van der Waals surface area contributed by atoms with Gasteiger partial charge >= 0.3 is 0 Å². The lowest BCUT2D eigenvalue weighted by Crippen LogP contribution is -2.42. The summed E-state index contributed by atoms with van der Waals surface area (Å²) in [5.41, 5.74) is 0. The smallest absolute Gasteiger partial charge is 0.0198 e. The van der Waals surface area contributed by atoms with E-state index in [9.17, 15) is 0 Å². The molecule has 3 heteroatoms. The van der Waals surface area contributed by atoms with Crippen LogP contribution in [0.1, 0.15) is 25.7 Å². The Hall–Kier alpha value is 0.270. The summed E-state index contributed by atoms with van der Waals surface area (Å²) in [5.74, 6) is 0. The van der Waals surface area contributed by atoms with Crippen molar-refractivity contribution in [3.8, 4) is 0 Å². The van der Waals surface area contributed by atoms with Crippen molar-refractivity contribution < 1.29 is 0 Å². The molecule has 1 aliphatic rings. The first-order chi connectivity index (χ1) is 6.74. The molecule has 14 heavy (non-hydrogen) atoms. The van der Waals surface area contributed by atoms with E-state index in [1.807, 2.05) is 11.8 Å². The van der Waals surface area contributed by atoms with Crippen molar-refractivity contribution in [3.05, 3.63) is 0 Å². The Bertz CT molecular complexity index is 150. The van der Waals surface area contributed by atoms with Gasteiger partial charge in [-0.25, -0.2) is 0 Å². The first-order valence-corrected chi connectivity index (χ1v) is 6.93. The number of rotatable bonds is 5. The van der Waals surface area contributed by atoms with Crippen molar-refractivity contribution in [3.63, 3.8) is 0 Å². The molecule has 2 nitrogen and oxygen atoms in total. The molecule has 84 valence electrons. The highest BCUT2D eigenvalue weighted by atomic mass is 32.2. The van der Waals surface area contributed by atoms with Crippen LogP contribution in [0.4, 0.5) is 0 Å². The van der Waals surface area contributed by atoms with Gasteiger partial charge in [0, 0.05) is 24.4 Å². The molecular formula is C11H24N2S. The van der Waals surface area contributed by atoms with Gasteiger partial charge in [-0.1, -0.05) is 12.8 Å². The largest absolute Gasteiger partial charge is 0.312 e. The molecule has 0 aromatic heterocycles. The second kappa shape index (κ2) is 6.70. The topological polar surface area (TPSA) is 15.3 Å². The predicted molar refractivity (Wildman–Crippen MR) is 66.1 cm³/mol. The first kappa shape index (κ1) is 12.3. The molecule has 0 heterocycles. The Kier molecular flexibility index (Phi) is 5.90. The lowest BCUT2D eigenvalue weighted by Gasteiger charge is -2.31. The molecule has 1 rings (SSSR count). The van der Waals surface area contributed by atoms with Gasteiger partial charge in [-0.15, -0.1) is 0 Å². The molecule has 0 radical (unpaired) electrons. The van der Waals surface area contributed by atoms with Gasteiger partial charge in [-0.3, -0.25) is 0 Å². The second-order valence-corrected chi connectivity index (χ2v) is 5.50. The van der Waals surface area contributed by atoms with Crippen molar-refractivity contribution in [2.75, 3.05) is 33.4 Å². The van der Waals surface area contributed by atoms with Crippen LogP contribution in [0.25, 0.3) is 0 Å². The second-order valence-electron chi connectivity index (χ2n) is 4.42. The van der Waals surface area contributed by atoms with Gasteiger partial charge in [0.05, 0.1) is 0 Å². The van der Waals surface area contributed by atoms with E-state index >= 15 is 0 Å². The highest BCUT2D eigenvalue weighted by Gasteiger charge is 2.23. The van der Waals surface area contributed by atoms with Gasteiger partial charge in [0.1, 0.15) is 0 Å². The van der Waals surface area contributed by atoms with E-state index in [-0.39, 0.29) is 0 Å². The molecule has 1 N–H and O–H groups in total. The fourth-order valence-corrected chi connectivity index (χ4v) is 3.05.